The smallest absolute Gasteiger partial charge is 0.423 e. The van der Waals surface area contributed by atoms with Crippen LogP contribution in [0.4, 0.5) is 17.6 Å². The summed E-state index contributed by atoms with van der Waals surface area (Å²) in [5, 5.41) is 21.8. The van der Waals surface area contributed by atoms with Gasteiger partial charge in [-0.05, 0) is 12.5 Å². The summed E-state index contributed by atoms with van der Waals surface area (Å²) in [5.41, 5.74) is 0.643. The first kappa shape index (κ1) is 20.9. The Morgan fingerprint density at radius 1 is 1.10 bits per heavy atom. The third-order valence-electron chi connectivity index (χ3n) is 4.03. The number of ether oxygens (including phenoxy) is 1. The molecule has 0 aliphatic heterocycles. The van der Waals surface area contributed by atoms with Crippen LogP contribution in [0.5, 0.6) is 0 Å². The normalized spacial score (nSPS) is 12.7. The minimum Gasteiger partial charge on any atom is -0.423 e. The zero-order chi connectivity index (χ0) is 21.0. The second kappa shape index (κ2) is 9.11. The van der Waals surface area contributed by atoms with Gasteiger partial charge in [0.25, 0.3) is 0 Å². The lowest BCUT2D eigenvalue weighted by Gasteiger charge is -2.18. The first-order valence-electron chi connectivity index (χ1n) is 8.30. The van der Waals surface area contributed by atoms with Crippen molar-refractivity contribution in [2.75, 3.05) is 6.61 Å². The predicted molar refractivity (Wildman–Crippen MR) is 91.3 cm³/mol. The Labute approximate surface area is 161 Å². The van der Waals surface area contributed by atoms with Crippen molar-refractivity contribution in [3.8, 4) is 11.5 Å². The van der Waals surface area contributed by atoms with E-state index in [1.807, 2.05) is 0 Å². The van der Waals surface area contributed by atoms with Crippen LogP contribution < -0.4 is 5.46 Å². The van der Waals surface area contributed by atoms with Gasteiger partial charge < -0.3 is 19.4 Å². The Morgan fingerprint density at radius 3 is 2.52 bits per heavy atom. The molecule has 2 N–H and O–H groups in total. The fourth-order valence-corrected chi connectivity index (χ4v) is 2.68. The largest absolute Gasteiger partial charge is 0.490 e. The molecule has 29 heavy (non-hydrogen) atoms. The lowest BCUT2D eigenvalue weighted by atomic mass is 9.81. The minimum absolute atomic E-state index is 0.0652. The van der Waals surface area contributed by atoms with Crippen molar-refractivity contribution < 1.29 is 32.3 Å². The van der Waals surface area contributed by atoms with E-state index < -0.39 is 26.3 Å². The van der Waals surface area contributed by atoms with Crippen molar-refractivity contribution in [3.05, 3.63) is 42.9 Å². The molecule has 14 heteroatoms. The highest BCUT2D eigenvalue weighted by molar-refractivity contribution is 6.58. The number of halogens is 4. The molecule has 1 atom stereocenters. The molecule has 1 unspecified atom stereocenters. The molecule has 9 nitrogen and oxygen atoms in total. The van der Waals surface area contributed by atoms with Gasteiger partial charge in [-0.15, -0.1) is 0 Å². The Balaban J connectivity index is 1.89. The van der Waals surface area contributed by atoms with Gasteiger partial charge in [0.2, 0.25) is 0 Å². The number of hydrogen-bond acceptors (Lipinski definition) is 7. The van der Waals surface area contributed by atoms with Gasteiger partial charge in [0.15, 0.2) is 5.82 Å². The SMILES string of the molecule is OB(O)c1ccc(C(CCOC(F)F)n2cnc(-c3ncnn3C(F)F)c2)nc1. The molecule has 0 aliphatic rings. The second-order valence-corrected chi connectivity index (χ2v) is 5.84. The van der Waals surface area contributed by atoms with E-state index in [0.29, 0.717) is 10.4 Å². The number of pyridine rings is 1. The fourth-order valence-electron chi connectivity index (χ4n) is 2.68. The minimum atomic E-state index is -2.95. The van der Waals surface area contributed by atoms with Crippen molar-refractivity contribution in [3.63, 3.8) is 0 Å². The van der Waals surface area contributed by atoms with Crippen LogP contribution in [0.15, 0.2) is 37.2 Å². The van der Waals surface area contributed by atoms with E-state index in [4.69, 9.17) is 0 Å². The highest BCUT2D eigenvalue weighted by Crippen LogP contribution is 2.25. The summed E-state index contributed by atoms with van der Waals surface area (Å²) in [6.45, 7) is -6.17. The molecule has 0 radical (unpaired) electrons. The third kappa shape index (κ3) is 4.96. The van der Waals surface area contributed by atoms with Crippen LogP contribution in [0, 0.1) is 0 Å². The van der Waals surface area contributed by atoms with Crippen molar-refractivity contribution >= 4 is 12.6 Å². The molecule has 0 aliphatic carbocycles. The zero-order valence-electron chi connectivity index (χ0n) is 14.7. The maximum Gasteiger partial charge on any atom is 0.490 e. The number of imidazole rings is 1. The van der Waals surface area contributed by atoms with Crippen LogP contribution in [0.1, 0.15) is 24.7 Å². The van der Waals surface area contributed by atoms with E-state index in [2.05, 4.69) is 24.8 Å². The highest BCUT2D eigenvalue weighted by atomic mass is 19.3. The van der Waals surface area contributed by atoms with Crippen LogP contribution >= 0.6 is 0 Å². The third-order valence-corrected chi connectivity index (χ3v) is 4.03. The van der Waals surface area contributed by atoms with Crippen LogP contribution in [-0.4, -0.2) is 59.7 Å². The summed E-state index contributed by atoms with van der Waals surface area (Å²) in [5.74, 6) is -0.159. The molecular weight excluding hydrogens is 399 g/mol. The summed E-state index contributed by atoms with van der Waals surface area (Å²) in [6.07, 6.45) is 4.99. The first-order valence-corrected chi connectivity index (χ1v) is 8.30. The number of alkyl halides is 4. The van der Waals surface area contributed by atoms with Crippen molar-refractivity contribution in [1.82, 2.24) is 29.3 Å². The van der Waals surface area contributed by atoms with Crippen LogP contribution in [0.25, 0.3) is 11.5 Å². The molecule has 3 rings (SSSR count). The Kier molecular flexibility index (Phi) is 6.56. The average molecular weight is 414 g/mol. The Morgan fingerprint density at radius 2 is 1.90 bits per heavy atom. The van der Waals surface area contributed by atoms with E-state index in [1.165, 1.54) is 35.4 Å². The molecule has 0 spiro atoms. The molecule has 0 bridgehead atoms. The molecule has 0 fully saturated rings. The summed E-state index contributed by atoms with van der Waals surface area (Å²) in [6, 6.07) is 2.27. The molecule has 3 aromatic heterocycles. The topological polar surface area (TPSA) is 111 Å². The van der Waals surface area contributed by atoms with Crippen molar-refractivity contribution in [2.24, 2.45) is 0 Å². The summed E-state index contributed by atoms with van der Waals surface area (Å²) in [7, 11) is -1.71. The Bertz CT molecular complexity index is 921. The van der Waals surface area contributed by atoms with Gasteiger partial charge in [-0.2, -0.15) is 27.3 Å². The molecule has 0 saturated heterocycles. The second-order valence-electron chi connectivity index (χ2n) is 5.84. The van der Waals surface area contributed by atoms with E-state index >= 15 is 0 Å². The Hall–Kier alpha value is -2.84. The fraction of sp³-hybridized carbons (Fsp3) is 0.333. The summed E-state index contributed by atoms with van der Waals surface area (Å²) in [4.78, 5) is 11.9. The highest BCUT2D eigenvalue weighted by Gasteiger charge is 2.21. The summed E-state index contributed by atoms with van der Waals surface area (Å²) < 4.78 is 56.9. The van der Waals surface area contributed by atoms with Gasteiger partial charge in [-0.25, -0.2) is 9.97 Å². The zero-order valence-corrected chi connectivity index (χ0v) is 14.7. The quantitative estimate of drug-likeness (QED) is 0.394. The van der Waals surface area contributed by atoms with Crippen molar-refractivity contribution in [1.29, 1.82) is 0 Å². The lowest BCUT2D eigenvalue weighted by Crippen LogP contribution is -2.30. The number of aromatic nitrogens is 6. The average Bonchev–Trinajstić information content (AvgIpc) is 3.34. The van der Waals surface area contributed by atoms with Crippen LogP contribution in [-0.2, 0) is 4.74 Å². The molecule has 3 heterocycles. The maximum absolute atomic E-state index is 13.0. The maximum atomic E-state index is 13.0. The van der Waals surface area contributed by atoms with Gasteiger partial charge >= 0.3 is 20.3 Å². The lowest BCUT2D eigenvalue weighted by molar-refractivity contribution is -0.130. The van der Waals surface area contributed by atoms with Gasteiger partial charge in [-0.3, -0.25) is 4.98 Å². The monoisotopic (exact) mass is 414 g/mol. The van der Waals surface area contributed by atoms with Crippen LogP contribution in [0.2, 0.25) is 0 Å². The van der Waals surface area contributed by atoms with Gasteiger partial charge in [-0.1, -0.05) is 6.07 Å². The standard InChI is InChI=1S/C15H15BF4N6O3/c17-14(18)26-13(22-7-24-26)11-6-25(8-23-11)12(3-4-29-15(19)20)10-2-1-9(5-21-10)16(27)28/h1-2,5-8,12,14-15,27-28H,3-4H2. The first-order chi connectivity index (χ1) is 13.9. The summed E-state index contributed by atoms with van der Waals surface area (Å²) >= 11 is 0. The van der Waals surface area contributed by atoms with Crippen LogP contribution in [0.3, 0.4) is 0 Å². The van der Waals surface area contributed by atoms with Gasteiger partial charge in [0.1, 0.15) is 12.0 Å². The van der Waals surface area contributed by atoms with E-state index in [1.54, 1.807) is 0 Å². The molecular formula is C15H15BF4N6O3. The van der Waals surface area contributed by atoms with Gasteiger partial charge in [0, 0.05) is 17.9 Å². The van der Waals surface area contributed by atoms with Gasteiger partial charge in [0.05, 0.1) is 24.7 Å². The number of rotatable bonds is 9. The molecule has 0 saturated carbocycles. The molecule has 154 valence electrons. The number of hydrogen-bond donors (Lipinski definition) is 2. The molecule has 3 aromatic rings. The van der Waals surface area contributed by atoms with E-state index in [0.717, 1.165) is 6.33 Å². The molecule has 0 aromatic carbocycles. The number of nitrogens with zero attached hydrogens (tertiary/aromatic N) is 6. The van der Waals surface area contributed by atoms with Crippen molar-refractivity contribution in [2.45, 2.75) is 25.6 Å². The molecule has 0 amide bonds. The van der Waals surface area contributed by atoms with E-state index in [-0.39, 0.29) is 30.0 Å². The van der Waals surface area contributed by atoms with E-state index in [9.17, 15) is 27.6 Å². The predicted octanol–water partition coefficient (Wildman–Crippen LogP) is 0.830.